The second-order valence-corrected chi connectivity index (χ2v) is 3.98. The van der Waals surface area contributed by atoms with Crippen molar-refractivity contribution in [1.82, 2.24) is 0 Å². The van der Waals surface area contributed by atoms with Gasteiger partial charge in [-0.05, 0) is 0 Å². The Bertz CT molecular complexity index is 191. The minimum Gasteiger partial charge on any atom is -0.283 e. The summed E-state index contributed by atoms with van der Waals surface area (Å²) in [4.78, 5) is 0. The lowest BCUT2D eigenvalue weighted by Gasteiger charge is -2.14. The summed E-state index contributed by atoms with van der Waals surface area (Å²) in [5.41, 5.74) is 0.0819. The van der Waals surface area contributed by atoms with Gasteiger partial charge in [0.15, 0.2) is 0 Å². The van der Waals surface area contributed by atoms with Gasteiger partial charge in [0.1, 0.15) is 5.52 Å². The molecule has 0 atom stereocenters. The predicted molar refractivity (Wildman–Crippen MR) is 54.8 cm³/mol. The zero-order chi connectivity index (χ0) is 10.2. The van der Waals surface area contributed by atoms with Crippen LogP contribution in [0.2, 0.25) is 0 Å². The van der Waals surface area contributed by atoms with E-state index in [1.165, 1.54) is 12.2 Å². The van der Waals surface area contributed by atoms with Crippen LogP contribution in [0.4, 0.5) is 0 Å². The highest BCUT2D eigenvalue weighted by molar-refractivity contribution is 9.09. The van der Waals surface area contributed by atoms with E-state index in [4.69, 9.17) is 13.6 Å². The Labute approximate surface area is 86.3 Å². The summed E-state index contributed by atoms with van der Waals surface area (Å²) in [6.07, 6.45) is 2.92. The monoisotopic (exact) mass is 270 g/mol. The molecule has 0 saturated carbocycles. The molecular formula is C7H12BrO4P. The van der Waals surface area contributed by atoms with Crippen molar-refractivity contribution >= 4 is 23.8 Å². The van der Waals surface area contributed by atoms with Crippen LogP contribution in [0.15, 0.2) is 25.3 Å². The van der Waals surface area contributed by atoms with Gasteiger partial charge in [0, 0.05) is 0 Å². The van der Waals surface area contributed by atoms with Gasteiger partial charge in [-0.2, -0.15) is 0 Å². The predicted octanol–water partition coefficient (Wildman–Crippen LogP) is 2.87. The molecule has 0 amide bonds. The molecule has 0 aromatic heterocycles. The summed E-state index contributed by atoms with van der Waals surface area (Å²) >= 11 is 2.96. The summed E-state index contributed by atoms with van der Waals surface area (Å²) in [6.45, 7) is 7.06. The van der Waals surface area contributed by atoms with Gasteiger partial charge in [-0.1, -0.05) is 28.1 Å². The van der Waals surface area contributed by atoms with Crippen LogP contribution in [-0.4, -0.2) is 18.7 Å². The summed E-state index contributed by atoms with van der Waals surface area (Å²) < 4.78 is 26.0. The Hall–Kier alpha value is 0.0700. The second kappa shape index (κ2) is 7.47. The van der Waals surface area contributed by atoms with E-state index < -0.39 is 7.82 Å². The maximum atomic E-state index is 11.5. The average Bonchev–Trinajstić information content (AvgIpc) is 2.12. The van der Waals surface area contributed by atoms with E-state index in [2.05, 4.69) is 29.1 Å². The van der Waals surface area contributed by atoms with E-state index >= 15 is 0 Å². The van der Waals surface area contributed by atoms with Gasteiger partial charge in [-0.15, -0.1) is 13.2 Å². The smallest absolute Gasteiger partial charge is 0.283 e. The molecule has 0 aliphatic heterocycles. The Morgan fingerprint density at radius 2 is 1.62 bits per heavy atom. The summed E-state index contributed by atoms with van der Waals surface area (Å²) in [5, 5.41) is 0. The fourth-order valence-corrected chi connectivity index (χ4v) is 2.13. The number of phosphoric ester groups is 1. The van der Waals surface area contributed by atoms with E-state index in [0.29, 0.717) is 0 Å². The van der Waals surface area contributed by atoms with E-state index in [1.807, 2.05) is 0 Å². The lowest BCUT2D eigenvalue weighted by Crippen LogP contribution is -1.99. The first-order valence-corrected chi connectivity index (χ1v) is 6.08. The number of alkyl halides is 1. The zero-order valence-corrected chi connectivity index (χ0v) is 9.63. The van der Waals surface area contributed by atoms with Crippen LogP contribution in [-0.2, 0) is 18.1 Å². The summed E-state index contributed by atoms with van der Waals surface area (Å²) in [7, 11) is -3.44. The van der Waals surface area contributed by atoms with Crippen LogP contribution >= 0.6 is 23.8 Å². The molecule has 0 bridgehead atoms. The van der Waals surface area contributed by atoms with Gasteiger partial charge in [-0.25, -0.2) is 4.57 Å². The van der Waals surface area contributed by atoms with Gasteiger partial charge in [-0.3, -0.25) is 13.6 Å². The van der Waals surface area contributed by atoms with Crippen LogP contribution in [0.3, 0.4) is 0 Å². The average molecular weight is 271 g/mol. The van der Waals surface area contributed by atoms with Gasteiger partial charge < -0.3 is 0 Å². The molecule has 0 aromatic rings. The standard InChI is InChI=1S/C7H12BrO4P/c1-3-5-10-13(9,12-7-8)11-6-4-2/h3-4H,1-2,5-7H2. The molecule has 6 heteroatoms. The van der Waals surface area contributed by atoms with Crippen molar-refractivity contribution < 1.29 is 18.1 Å². The van der Waals surface area contributed by atoms with Crippen LogP contribution in [0, 0.1) is 0 Å². The lowest BCUT2D eigenvalue weighted by atomic mass is 10.7. The summed E-state index contributed by atoms with van der Waals surface area (Å²) in [6, 6.07) is 0. The quantitative estimate of drug-likeness (QED) is 0.387. The number of rotatable bonds is 8. The number of phosphoric acid groups is 1. The third kappa shape index (κ3) is 6.18. The van der Waals surface area contributed by atoms with Gasteiger partial charge in [0.2, 0.25) is 0 Å². The second-order valence-electron chi connectivity index (χ2n) is 1.85. The Balaban J connectivity index is 4.06. The SMILES string of the molecule is C=CCOP(=O)(OCBr)OCC=C. The molecule has 0 aromatic carbocycles. The Morgan fingerprint density at radius 1 is 1.15 bits per heavy atom. The van der Waals surface area contributed by atoms with Crippen LogP contribution in [0.25, 0.3) is 0 Å². The third-order valence-corrected chi connectivity index (χ3v) is 2.87. The largest absolute Gasteiger partial charge is 0.476 e. The molecule has 0 saturated heterocycles. The highest BCUT2D eigenvalue weighted by Gasteiger charge is 2.24. The first kappa shape index (κ1) is 13.1. The number of halogens is 1. The molecule has 0 N–H and O–H groups in total. The van der Waals surface area contributed by atoms with Gasteiger partial charge >= 0.3 is 7.82 Å². The Morgan fingerprint density at radius 3 is 1.92 bits per heavy atom. The van der Waals surface area contributed by atoms with Crippen LogP contribution < -0.4 is 0 Å². The zero-order valence-electron chi connectivity index (χ0n) is 7.15. The molecule has 76 valence electrons. The lowest BCUT2D eigenvalue weighted by molar-refractivity contribution is 0.149. The molecular weight excluding hydrogens is 259 g/mol. The summed E-state index contributed by atoms with van der Waals surface area (Å²) in [5.74, 6) is 0. The van der Waals surface area contributed by atoms with Crippen molar-refractivity contribution in [2.24, 2.45) is 0 Å². The van der Waals surface area contributed by atoms with Crippen molar-refractivity contribution in [2.75, 3.05) is 18.7 Å². The molecule has 13 heavy (non-hydrogen) atoms. The van der Waals surface area contributed by atoms with Gasteiger partial charge in [0.25, 0.3) is 0 Å². The maximum Gasteiger partial charge on any atom is 0.476 e. The van der Waals surface area contributed by atoms with Crippen molar-refractivity contribution in [3.63, 3.8) is 0 Å². The molecule has 0 spiro atoms. The van der Waals surface area contributed by atoms with E-state index in [0.717, 1.165) is 0 Å². The van der Waals surface area contributed by atoms with Crippen molar-refractivity contribution in [2.45, 2.75) is 0 Å². The minimum atomic E-state index is -3.44. The molecule has 0 unspecified atom stereocenters. The highest BCUT2D eigenvalue weighted by atomic mass is 79.9. The normalized spacial score (nSPS) is 11.2. The molecule has 0 heterocycles. The van der Waals surface area contributed by atoms with Crippen molar-refractivity contribution in [3.8, 4) is 0 Å². The molecule has 0 fully saturated rings. The fourth-order valence-electron chi connectivity index (χ4n) is 0.460. The van der Waals surface area contributed by atoms with E-state index in [9.17, 15) is 4.57 Å². The van der Waals surface area contributed by atoms with Crippen molar-refractivity contribution in [1.29, 1.82) is 0 Å². The molecule has 0 rings (SSSR count). The highest BCUT2D eigenvalue weighted by Crippen LogP contribution is 2.49. The first-order chi connectivity index (χ1) is 6.18. The van der Waals surface area contributed by atoms with Gasteiger partial charge in [0.05, 0.1) is 13.2 Å². The minimum absolute atomic E-state index is 0.0819. The first-order valence-electron chi connectivity index (χ1n) is 3.50. The topological polar surface area (TPSA) is 44.8 Å². The molecule has 0 radical (unpaired) electrons. The van der Waals surface area contributed by atoms with Crippen LogP contribution in [0.5, 0.6) is 0 Å². The Kier molecular flexibility index (Phi) is 7.51. The number of hydrogen-bond acceptors (Lipinski definition) is 4. The fraction of sp³-hybridized carbons (Fsp3) is 0.429. The number of hydrogen-bond donors (Lipinski definition) is 0. The molecule has 0 aliphatic carbocycles. The molecule has 4 nitrogen and oxygen atoms in total. The third-order valence-electron chi connectivity index (χ3n) is 0.908. The van der Waals surface area contributed by atoms with Crippen LogP contribution in [0.1, 0.15) is 0 Å². The maximum absolute atomic E-state index is 11.5. The van der Waals surface area contributed by atoms with E-state index in [1.54, 1.807) is 0 Å². The molecule has 0 aliphatic rings. The van der Waals surface area contributed by atoms with E-state index in [-0.39, 0.29) is 18.7 Å². The van der Waals surface area contributed by atoms with Crippen molar-refractivity contribution in [3.05, 3.63) is 25.3 Å².